The number of Topliss-reactive ketones (excluding diaryl/α,β-unsaturated/α-hetero) is 1. The SMILES string of the molecule is CNCC(=O)c1cc(O)cc2c1OCCO2. The Bertz CT molecular complexity index is 417. The molecule has 1 aromatic rings. The maximum absolute atomic E-state index is 11.8. The predicted molar refractivity (Wildman–Crippen MR) is 57.4 cm³/mol. The van der Waals surface area contributed by atoms with Crippen LogP contribution in [-0.4, -0.2) is 37.7 Å². The number of fused-ring (bicyclic) bond motifs is 1. The molecule has 5 heteroatoms. The van der Waals surface area contributed by atoms with E-state index in [-0.39, 0.29) is 18.1 Å². The Balaban J connectivity index is 2.43. The molecule has 5 nitrogen and oxygen atoms in total. The molecule has 1 heterocycles. The summed E-state index contributed by atoms with van der Waals surface area (Å²) in [6.45, 7) is 1.03. The molecule has 0 amide bonds. The lowest BCUT2D eigenvalue weighted by Crippen LogP contribution is -2.22. The van der Waals surface area contributed by atoms with Crippen LogP contribution in [-0.2, 0) is 0 Å². The van der Waals surface area contributed by atoms with E-state index < -0.39 is 0 Å². The normalized spacial score (nSPS) is 13.6. The highest BCUT2D eigenvalue weighted by Gasteiger charge is 2.21. The minimum atomic E-state index is -0.139. The molecular weight excluding hydrogens is 210 g/mol. The molecule has 86 valence electrons. The van der Waals surface area contributed by atoms with E-state index in [0.29, 0.717) is 30.3 Å². The first-order valence-electron chi connectivity index (χ1n) is 5.03. The number of carbonyl (C=O) groups excluding carboxylic acids is 1. The number of carbonyl (C=O) groups is 1. The summed E-state index contributed by atoms with van der Waals surface area (Å²) in [5.74, 6) is 0.707. The molecule has 2 N–H and O–H groups in total. The summed E-state index contributed by atoms with van der Waals surface area (Å²) in [6, 6.07) is 2.85. The number of rotatable bonds is 3. The van der Waals surface area contributed by atoms with Gasteiger partial charge in [0.15, 0.2) is 17.3 Å². The molecule has 0 saturated heterocycles. The van der Waals surface area contributed by atoms with Crippen molar-refractivity contribution in [2.24, 2.45) is 0 Å². The maximum Gasteiger partial charge on any atom is 0.180 e. The number of benzene rings is 1. The van der Waals surface area contributed by atoms with Crippen molar-refractivity contribution in [3.05, 3.63) is 17.7 Å². The molecule has 0 radical (unpaired) electrons. The van der Waals surface area contributed by atoms with E-state index in [4.69, 9.17) is 9.47 Å². The van der Waals surface area contributed by atoms with E-state index >= 15 is 0 Å². The van der Waals surface area contributed by atoms with Crippen LogP contribution in [0.5, 0.6) is 17.2 Å². The fourth-order valence-corrected chi connectivity index (χ4v) is 1.60. The van der Waals surface area contributed by atoms with Gasteiger partial charge in [0.25, 0.3) is 0 Å². The van der Waals surface area contributed by atoms with Gasteiger partial charge in [-0.3, -0.25) is 4.79 Å². The van der Waals surface area contributed by atoms with Crippen molar-refractivity contribution < 1.29 is 19.4 Å². The molecule has 0 aromatic heterocycles. The van der Waals surface area contributed by atoms with Crippen LogP contribution in [0, 0.1) is 0 Å². The van der Waals surface area contributed by atoms with Crippen LogP contribution in [0.2, 0.25) is 0 Å². The zero-order valence-electron chi connectivity index (χ0n) is 8.95. The van der Waals surface area contributed by atoms with Gasteiger partial charge in [-0.2, -0.15) is 0 Å². The second-order valence-electron chi connectivity index (χ2n) is 3.47. The number of phenols is 1. The standard InChI is InChI=1S/C11H13NO4/c1-12-6-9(14)8-4-7(13)5-10-11(8)16-3-2-15-10/h4-5,12-13H,2-3,6H2,1H3. The molecule has 0 bridgehead atoms. The van der Waals surface area contributed by atoms with Gasteiger partial charge in [-0.15, -0.1) is 0 Å². The molecule has 1 aliphatic heterocycles. The third-order valence-electron chi connectivity index (χ3n) is 2.26. The van der Waals surface area contributed by atoms with E-state index in [9.17, 15) is 9.90 Å². The quantitative estimate of drug-likeness (QED) is 0.733. The molecule has 0 spiro atoms. The second-order valence-corrected chi connectivity index (χ2v) is 3.47. The van der Waals surface area contributed by atoms with Gasteiger partial charge < -0.3 is 19.9 Å². The van der Waals surface area contributed by atoms with Gasteiger partial charge >= 0.3 is 0 Å². The van der Waals surface area contributed by atoms with Crippen LogP contribution in [0.15, 0.2) is 12.1 Å². The monoisotopic (exact) mass is 223 g/mol. The first-order valence-corrected chi connectivity index (χ1v) is 5.03. The number of ketones is 1. The van der Waals surface area contributed by atoms with Gasteiger partial charge in [0.2, 0.25) is 0 Å². The lowest BCUT2D eigenvalue weighted by Gasteiger charge is -2.20. The van der Waals surface area contributed by atoms with Crippen molar-refractivity contribution in [2.45, 2.75) is 0 Å². The van der Waals surface area contributed by atoms with Gasteiger partial charge in [-0.1, -0.05) is 0 Å². The zero-order chi connectivity index (χ0) is 11.5. The molecule has 0 unspecified atom stereocenters. The predicted octanol–water partition coefficient (Wildman–Crippen LogP) is 0.566. The number of hydrogen-bond donors (Lipinski definition) is 2. The highest BCUT2D eigenvalue weighted by Crippen LogP contribution is 2.37. The van der Waals surface area contributed by atoms with Crippen molar-refractivity contribution in [3.63, 3.8) is 0 Å². The van der Waals surface area contributed by atoms with E-state index in [1.54, 1.807) is 7.05 Å². The van der Waals surface area contributed by atoms with Gasteiger partial charge in [-0.05, 0) is 13.1 Å². The Morgan fingerprint density at radius 1 is 1.44 bits per heavy atom. The minimum absolute atomic E-state index is 0.00343. The molecule has 1 aromatic carbocycles. The van der Waals surface area contributed by atoms with Crippen molar-refractivity contribution in [1.82, 2.24) is 5.32 Å². The number of likely N-dealkylation sites (N-methyl/N-ethyl adjacent to an activating group) is 1. The van der Waals surface area contributed by atoms with Gasteiger partial charge in [0.1, 0.15) is 19.0 Å². The Morgan fingerprint density at radius 2 is 2.19 bits per heavy atom. The lowest BCUT2D eigenvalue weighted by atomic mass is 10.1. The maximum atomic E-state index is 11.8. The van der Waals surface area contributed by atoms with Crippen LogP contribution in [0.3, 0.4) is 0 Å². The number of nitrogens with one attached hydrogen (secondary N) is 1. The molecule has 16 heavy (non-hydrogen) atoms. The summed E-state index contributed by atoms with van der Waals surface area (Å²) in [5.41, 5.74) is 0.351. The largest absolute Gasteiger partial charge is 0.508 e. The molecule has 0 fully saturated rings. The molecule has 0 saturated carbocycles. The fourth-order valence-electron chi connectivity index (χ4n) is 1.60. The fraction of sp³-hybridized carbons (Fsp3) is 0.364. The smallest absolute Gasteiger partial charge is 0.180 e. The summed E-state index contributed by atoms with van der Waals surface area (Å²) >= 11 is 0. The van der Waals surface area contributed by atoms with E-state index in [2.05, 4.69) is 5.32 Å². The Labute approximate surface area is 93.0 Å². The van der Waals surface area contributed by atoms with Gasteiger partial charge in [0, 0.05) is 6.07 Å². The first kappa shape index (κ1) is 10.8. The zero-order valence-corrected chi connectivity index (χ0v) is 8.95. The third-order valence-corrected chi connectivity index (χ3v) is 2.26. The van der Waals surface area contributed by atoms with Crippen LogP contribution in [0.1, 0.15) is 10.4 Å². The Kier molecular flexibility index (Phi) is 2.96. The molecule has 0 atom stereocenters. The summed E-state index contributed by atoms with van der Waals surface area (Å²) in [7, 11) is 1.69. The van der Waals surface area contributed by atoms with Gasteiger partial charge in [-0.25, -0.2) is 0 Å². The number of phenolic OH excluding ortho intramolecular Hbond substituents is 1. The highest BCUT2D eigenvalue weighted by molar-refractivity contribution is 6.01. The topological polar surface area (TPSA) is 67.8 Å². The van der Waals surface area contributed by atoms with E-state index in [1.165, 1.54) is 12.1 Å². The van der Waals surface area contributed by atoms with Crippen LogP contribution >= 0.6 is 0 Å². The minimum Gasteiger partial charge on any atom is -0.508 e. The van der Waals surface area contributed by atoms with Crippen molar-refractivity contribution in [1.29, 1.82) is 0 Å². The molecule has 2 rings (SSSR count). The number of aromatic hydroxyl groups is 1. The van der Waals surface area contributed by atoms with Crippen LogP contribution in [0.4, 0.5) is 0 Å². The van der Waals surface area contributed by atoms with E-state index in [0.717, 1.165) is 0 Å². The summed E-state index contributed by atoms with van der Waals surface area (Å²) in [4.78, 5) is 11.8. The third kappa shape index (κ3) is 1.94. The Morgan fingerprint density at radius 3 is 2.94 bits per heavy atom. The van der Waals surface area contributed by atoms with Crippen molar-refractivity contribution in [2.75, 3.05) is 26.8 Å². The average molecular weight is 223 g/mol. The number of ether oxygens (including phenoxy) is 2. The highest BCUT2D eigenvalue weighted by atomic mass is 16.6. The van der Waals surface area contributed by atoms with Crippen molar-refractivity contribution in [3.8, 4) is 17.2 Å². The second kappa shape index (κ2) is 4.40. The van der Waals surface area contributed by atoms with Gasteiger partial charge in [0.05, 0.1) is 12.1 Å². The molecule has 0 aliphatic carbocycles. The van der Waals surface area contributed by atoms with Crippen LogP contribution in [0.25, 0.3) is 0 Å². The van der Waals surface area contributed by atoms with Crippen LogP contribution < -0.4 is 14.8 Å². The summed E-state index contributed by atoms with van der Waals surface area (Å²) in [5, 5.41) is 12.2. The molecular formula is C11H13NO4. The van der Waals surface area contributed by atoms with E-state index in [1.807, 2.05) is 0 Å². The number of hydrogen-bond acceptors (Lipinski definition) is 5. The molecule has 1 aliphatic rings. The Hall–Kier alpha value is -1.75. The lowest BCUT2D eigenvalue weighted by molar-refractivity contribution is 0.0981. The van der Waals surface area contributed by atoms with Crippen molar-refractivity contribution >= 4 is 5.78 Å². The summed E-state index contributed by atoms with van der Waals surface area (Å²) < 4.78 is 10.7. The summed E-state index contributed by atoms with van der Waals surface area (Å²) in [6.07, 6.45) is 0. The average Bonchev–Trinajstić information content (AvgIpc) is 2.28. The first-order chi connectivity index (χ1) is 7.72.